The highest BCUT2D eigenvalue weighted by atomic mass is 19.4. The van der Waals surface area contributed by atoms with Crippen LogP contribution in [0.25, 0.3) is 0 Å². The maximum atomic E-state index is 11.6. The van der Waals surface area contributed by atoms with Gasteiger partial charge in [-0.15, -0.1) is 13.2 Å². The summed E-state index contributed by atoms with van der Waals surface area (Å²) < 4.78 is 37.9. The summed E-state index contributed by atoms with van der Waals surface area (Å²) in [7, 11) is 0. The first-order valence-electron chi connectivity index (χ1n) is 3.72. The summed E-state index contributed by atoms with van der Waals surface area (Å²) in [5.41, 5.74) is 0. The summed E-state index contributed by atoms with van der Waals surface area (Å²) in [4.78, 5) is 11.6. The van der Waals surface area contributed by atoms with Gasteiger partial charge < -0.3 is 4.74 Å². The number of rotatable bonds is 0. The number of alkyl halides is 3. The molecule has 0 N–H and O–H groups in total. The average molecular weight is 195 g/mol. The van der Waals surface area contributed by atoms with E-state index in [9.17, 15) is 18.0 Å². The normalized spacial score (nSPS) is 17.3. The highest BCUT2D eigenvalue weighted by Crippen LogP contribution is 2.19. The molecule has 3 nitrogen and oxygen atoms in total. The van der Waals surface area contributed by atoms with Crippen molar-refractivity contribution in [3.8, 4) is 0 Å². The Bertz CT molecular complexity index is 224. The first-order chi connectivity index (χ1) is 5.99. The van der Waals surface area contributed by atoms with Crippen molar-refractivity contribution >= 4 is 6.09 Å². The molecule has 0 aliphatic carbocycles. The van der Waals surface area contributed by atoms with E-state index < -0.39 is 12.5 Å². The Morgan fingerprint density at radius 3 is 2.62 bits per heavy atom. The Morgan fingerprint density at radius 2 is 2.15 bits per heavy atom. The molecule has 0 spiro atoms. The quantitative estimate of drug-likeness (QED) is 0.593. The van der Waals surface area contributed by atoms with Gasteiger partial charge in [-0.05, 0) is 12.8 Å². The number of ether oxygens (including phenoxy) is 1. The Balaban J connectivity index is 2.47. The first kappa shape index (κ1) is 9.88. The van der Waals surface area contributed by atoms with Gasteiger partial charge in [0, 0.05) is 12.7 Å². The van der Waals surface area contributed by atoms with Crippen molar-refractivity contribution in [1.82, 2.24) is 4.90 Å². The predicted molar refractivity (Wildman–Crippen MR) is 37.6 cm³/mol. The van der Waals surface area contributed by atoms with Crippen LogP contribution >= 0.6 is 0 Å². The topological polar surface area (TPSA) is 29.5 Å². The predicted octanol–water partition coefficient (Wildman–Crippen LogP) is 2.25. The zero-order valence-electron chi connectivity index (χ0n) is 6.67. The molecule has 0 radical (unpaired) electrons. The summed E-state index contributed by atoms with van der Waals surface area (Å²) in [6, 6.07) is 0. The van der Waals surface area contributed by atoms with Gasteiger partial charge in [-0.3, -0.25) is 4.90 Å². The molecule has 1 heterocycles. The van der Waals surface area contributed by atoms with Gasteiger partial charge in [-0.25, -0.2) is 4.79 Å². The van der Waals surface area contributed by atoms with Gasteiger partial charge in [-0.1, -0.05) is 6.08 Å². The second kappa shape index (κ2) is 3.68. The Morgan fingerprint density at radius 1 is 1.46 bits per heavy atom. The minimum absolute atomic E-state index is 0.269. The molecule has 1 aliphatic rings. The van der Waals surface area contributed by atoms with E-state index >= 15 is 0 Å². The summed E-state index contributed by atoms with van der Waals surface area (Å²) in [5.74, 6) is 0. The Labute approximate surface area is 72.8 Å². The number of allylic oxidation sites excluding steroid dienone is 1. The standard InChI is InChI=1S/C7H8F3NO2/c8-7(9,10)13-6(12)11-4-2-1-3-5-11/h2,4H,1,3,5H2. The number of hydrogen-bond acceptors (Lipinski definition) is 2. The number of carbonyl (C=O) groups excluding carboxylic acids is 1. The molecule has 0 aromatic rings. The molecule has 6 heteroatoms. The van der Waals surface area contributed by atoms with E-state index in [1.54, 1.807) is 6.08 Å². The van der Waals surface area contributed by atoms with E-state index in [0.29, 0.717) is 6.42 Å². The molecule has 0 aromatic heterocycles. The lowest BCUT2D eigenvalue weighted by Crippen LogP contribution is -2.33. The highest BCUT2D eigenvalue weighted by Gasteiger charge is 2.35. The zero-order chi connectivity index (χ0) is 9.90. The molecule has 0 fully saturated rings. The van der Waals surface area contributed by atoms with Crippen molar-refractivity contribution in [3.05, 3.63) is 12.3 Å². The van der Waals surface area contributed by atoms with Crippen LogP contribution in [0.5, 0.6) is 0 Å². The molecule has 13 heavy (non-hydrogen) atoms. The third-order valence-corrected chi connectivity index (χ3v) is 1.49. The van der Waals surface area contributed by atoms with Crippen LogP contribution in [0.2, 0.25) is 0 Å². The first-order valence-corrected chi connectivity index (χ1v) is 3.72. The van der Waals surface area contributed by atoms with Crippen LogP contribution in [-0.2, 0) is 4.74 Å². The van der Waals surface area contributed by atoms with Crippen molar-refractivity contribution in [2.24, 2.45) is 0 Å². The average Bonchev–Trinajstić information content (AvgIpc) is 2.03. The molecule has 0 atom stereocenters. The maximum Gasteiger partial charge on any atom is 0.576 e. The summed E-state index contributed by atoms with van der Waals surface area (Å²) in [5, 5.41) is 0. The second-order valence-electron chi connectivity index (χ2n) is 2.53. The van der Waals surface area contributed by atoms with E-state index in [-0.39, 0.29) is 6.54 Å². The van der Waals surface area contributed by atoms with Crippen molar-refractivity contribution in [3.63, 3.8) is 0 Å². The third-order valence-electron chi connectivity index (χ3n) is 1.49. The largest absolute Gasteiger partial charge is 0.576 e. The van der Waals surface area contributed by atoms with E-state index in [1.165, 1.54) is 6.20 Å². The van der Waals surface area contributed by atoms with Gasteiger partial charge >= 0.3 is 12.5 Å². The summed E-state index contributed by atoms with van der Waals surface area (Å²) in [6.45, 7) is 0.269. The zero-order valence-corrected chi connectivity index (χ0v) is 6.67. The third kappa shape index (κ3) is 3.35. The number of halogens is 3. The van der Waals surface area contributed by atoms with Crippen LogP contribution in [0.15, 0.2) is 12.3 Å². The molecule has 1 rings (SSSR count). The fraction of sp³-hybridized carbons (Fsp3) is 0.571. The van der Waals surface area contributed by atoms with Crippen LogP contribution in [0, 0.1) is 0 Å². The minimum atomic E-state index is -4.90. The monoisotopic (exact) mass is 195 g/mol. The summed E-state index contributed by atoms with van der Waals surface area (Å²) in [6.07, 6.45) is -1.91. The SMILES string of the molecule is O=C(OC(F)(F)F)N1C=CCCC1. The van der Waals surface area contributed by atoms with Crippen LogP contribution in [-0.4, -0.2) is 23.9 Å². The van der Waals surface area contributed by atoms with E-state index in [1.807, 2.05) is 0 Å². The summed E-state index contributed by atoms with van der Waals surface area (Å²) >= 11 is 0. The Kier molecular flexibility index (Phi) is 2.79. The Hall–Kier alpha value is -1.20. The van der Waals surface area contributed by atoms with E-state index in [4.69, 9.17) is 0 Å². The van der Waals surface area contributed by atoms with Gasteiger partial charge in [-0.2, -0.15) is 0 Å². The van der Waals surface area contributed by atoms with Crippen molar-refractivity contribution in [2.75, 3.05) is 6.54 Å². The lowest BCUT2D eigenvalue weighted by Gasteiger charge is -2.20. The second-order valence-corrected chi connectivity index (χ2v) is 2.53. The molecule has 0 saturated carbocycles. The molecule has 1 aliphatic heterocycles. The molecule has 0 bridgehead atoms. The number of carbonyl (C=O) groups is 1. The minimum Gasteiger partial charge on any atom is -0.356 e. The maximum absolute atomic E-state index is 11.6. The number of amides is 1. The molecule has 1 amide bonds. The van der Waals surface area contributed by atoms with Gasteiger partial charge in [0.15, 0.2) is 0 Å². The fourth-order valence-electron chi connectivity index (χ4n) is 0.966. The van der Waals surface area contributed by atoms with E-state index in [2.05, 4.69) is 4.74 Å². The molecular weight excluding hydrogens is 187 g/mol. The molecular formula is C7H8F3NO2. The highest BCUT2D eigenvalue weighted by molar-refractivity contribution is 5.69. The lowest BCUT2D eigenvalue weighted by atomic mass is 10.2. The van der Waals surface area contributed by atoms with Crippen molar-refractivity contribution < 1.29 is 22.7 Å². The molecule has 0 unspecified atom stereocenters. The molecule has 74 valence electrons. The van der Waals surface area contributed by atoms with Crippen LogP contribution in [0.4, 0.5) is 18.0 Å². The molecule has 0 aromatic carbocycles. The van der Waals surface area contributed by atoms with Crippen LogP contribution in [0.3, 0.4) is 0 Å². The van der Waals surface area contributed by atoms with Gasteiger partial charge in [0.05, 0.1) is 0 Å². The fourth-order valence-corrected chi connectivity index (χ4v) is 0.966. The number of hydrogen-bond donors (Lipinski definition) is 0. The van der Waals surface area contributed by atoms with Crippen LogP contribution in [0.1, 0.15) is 12.8 Å². The molecule has 0 saturated heterocycles. The van der Waals surface area contributed by atoms with Gasteiger partial charge in [0.25, 0.3) is 0 Å². The van der Waals surface area contributed by atoms with Crippen molar-refractivity contribution in [1.29, 1.82) is 0 Å². The van der Waals surface area contributed by atoms with E-state index in [0.717, 1.165) is 11.3 Å². The van der Waals surface area contributed by atoms with Gasteiger partial charge in [0.1, 0.15) is 0 Å². The van der Waals surface area contributed by atoms with Gasteiger partial charge in [0.2, 0.25) is 0 Å². The van der Waals surface area contributed by atoms with Crippen molar-refractivity contribution in [2.45, 2.75) is 19.2 Å². The van der Waals surface area contributed by atoms with Crippen LogP contribution < -0.4 is 0 Å². The smallest absolute Gasteiger partial charge is 0.356 e. The lowest BCUT2D eigenvalue weighted by molar-refractivity contribution is -0.294. The number of nitrogens with zero attached hydrogens (tertiary/aromatic N) is 1.